The third-order valence-electron chi connectivity index (χ3n) is 4.83. The summed E-state index contributed by atoms with van der Waals surface area (Å²) in [6.45, 7) is 14.2. The lowest BCUT2D eigenvalue weighted by Crippen LogP contribution is -2.46. The van der Waals surface area contributed by atoms with E-state index in [4.69, 9.17) is 4.74 Å². The molecule has 1 saturated carbocycles. The number of carbonyl (C=O) groups is 1. The lowest BCUT2D eigenvalue weighted by atomic mass is 9.78. The highest BCUT2D eigenvalue weighted by Crippen LogP contribution is 2.54. The van der Waals surface area contributed by atoms with Gasteiger partial charge in [0.25, 0.3) is 5.97 Å². The van der Waals surface area contributed by atoms with E-state index in [0.29, 0.717) is 5.75 Å². The molecule has 0 unspecified atom stereocenters. The van der Waals surface area contributed by atoms with Crippen LogP contribution in [0.3, 0.4) is 0 Å². The zero-order valence-electron chi connectivity index (χ0n) is 16.2. The molecule has 1 aromatic carbocycles. The van der Waals surface area contributed by atoms with E-state index in [9.17, 15) is 20.1 Å². The SMILES string of the molecule is Cc1cc(C(C)(C)C)c(OC(=O)C2(C(O)(O)O)CC2)c(C(C)(C)C)c1. The number of ether oxygens (including phenoxy) is 1. The molecule has 1 aliphatic carbocycles. The van der Waals surface area contributed by atoms with E-state index in [1.165, 1.54) is 0 Å². The Kier molecular flexibility index (Phi) is 4.61. The van der Waals surface area contributed by atoms with Gasteiger partial charge >= 0.3 is 5.97 Å². The van der Waals surface area contributed by atoms with Gasteiger partial charge < -0.3 is 20.1 Å². The summed E-state index contributed by atoms with van der Waals surface area (Å²) in [6.07, 6.45) is 0.355. The molecule has 0 heterocycles. The van der Waals surface area contributed by atoms with E-state index < -0.39 is 17.4 Å². The Bertz CT molecular complexity index is 645. The second-order valence-electron chi connectivity index (χ2n) is 9.30. The normalized spacial score (nSPS) is 17.4. The first-order chi connectivity index (χ1) is 11.1. The molecule has 0 bridgehead atoms. The number of aliphatic hydroxyl groups is 3. The second-order valence-corrected chi connectivity index (χ2v) is 9.30. The third kappa shape index (κ3) is 3.73. The molecule has 0 atom stereocenters. The minimum absolute atomic E-state index is 0.177. The third-order valence-corrected chi connectivity index (χ3v) is 4.83. The smallest absolute Gasteiger partial charge is 0.325 e. The maximum absolute atomic E-state index is 12.7. The molecule has 5 heteroatoms. The van der Waals surface area contributed by atoms with Crippen LogP contribution in [0.4, 0.5) is 0 Å². The molecule has 1 fully saturated rings. The van der Waals surface area contributed by atoms with Crippen molar-refractivity contribution < 1.29 is 24.9 Å². The van der Waals surface area contributed by atoms with Gasteiger partial charge in [-0.2, -0.15) is 0 Å². The maximum Gasteiger partial charge on any atom is 0.325 e. The largest absolute Gasteiger partial charge is 0.425 e. The van der Waals surface area contributed by atoms with Gasteiger partial charge in [0.2, 0.25) is 0 Å². The predicted molar refractivity (Wildman–Crippen MR) is 95.3 cm³/mol. The molecule has 0 amide bonds. The Morgan fingerprint density at radius 2 is 1.36 bits per heavy atom. The van der Waals surface area contributed by atoms with Crippen molar-refractivity contribution >= 4 is 5.97 Å². The fourth-order valence-electron chi connectivity index (χ4n) is 2.99. The summed E-state index contributed by atoms with van der Waals surface area (Å²) in [5.74, 6) is -3.43. The van der Waals surface area contributed by atoms with Crippen LogP contribution in [-0.2, 0) is 15.6 Å². The molecule has 2 rings (SSSR count). The van der Waals surface area contributed by atoms with Crippen LogP contribution in [0.5, 0.6) is 5.75 Å². The summed E-state index contributed by atoms with van der Waals surface area (Å²) in [5.41, 5.74) is 0.612. The molecule has 140 valence electrons. The first kappa shape index (κ1) is 19.9. The quantitative estimate of drug-likeness (QED) is 0.443. The summed E-state index contributed by atoms with van der Waals surface area (Å²) in [4.78, 5) is 12.7. The van der Waals surface area contributed by atoms with Gasteiger partial charge in [0, 0.05) is 11.1 Å². The van der Waals surface area contributed by atoms with E-state index in [-0.39, 0.29) is 23.7 Å². The molecule has 0 aromatic heterocycles. The minimum atomic E-state index is -3.07. The zero-order chi connectivity index (χ0) is 19.4. The summed E-state index contributed by atoms with van der Waals surface area (Å²) in [7, 11) is 0. The number of carbonyl (C=O) groups excluding carboxylic acids is 1. The van der Waals surface area contributed by atoms with Crippen molar-refractivity contribution in [3.63, 3.8) is 0 Å². The van der Waals surface area contributed by atoms with Crippen LogP contribution < -0.4 is 4.74 Å². The van der Waals surface area contributed by atoms with Gasteiger partial charge in [-0.1, -0.05) is 59.2 Å². The van der Waals surface area contributed by atoms with Crippen LogP contribution in [0.15, 0.2) is 12.1 Å². The van der Waals surface area contributed by atoms with Crippen molar-refractivity contribution in [1.29, 1.82) is 0 Å². The average Bonchev–Trinajstić information content (AvgIpc) is 3.18. The van der Waals surface area contributed by atoms with Crippen molar-refractivity contribution in [3.05, 3.63) is 28.8 Å². The number of hydrogen-bond donors (Lipinski definition) is 3. The number of rotatable bonds is 3. The molecule has 0 spiro atoms. The van der Waals surface area contributed by atoms with Crippen molar-refractivity contribution in [2.45, 2.75) is 78.1 Å². The number of benzene rings is 1. The molecule has 0 radical (unpaired) electrons. The predicted octanol–water partition coefficient (Wildman–Crippen LogP) is 2.91. The van der Waals surface area contributed by atoms with Crippen molar-refractivity contribution in [1.82, 2.24) is 0 Å². The first-order valence-corrected chi connectivity index (χ1v) is 8.65. The minimum Gasteiger partial charge on any atom is -0.425 e. The van der Waals surface area contributed by atoms with Gasteiger partial charge in [0.05, 0.1) is 0 Å². The highest BCUT2D eigenvalue weighted by Gasteiger charge is 2.66. The molecule has 0 saturated heterocycles. The van der Waals surface area contributed by atoms with Crippen LogP contribution >= 0.6 is 0 Å². The van der Waals surface area contributed by atoms with Gasteiger partial charge in [-0.3, -0.25) is 4.79 Å². The highest BCUT2D eigenvalue weighted by atomic mass is 16.7. The monoisotopic (exact) mass is 350 g/mol. The molecule has 25 heavy (non-hydrogen) atoms. The zero-order valence-corrected chi connectivity index (χ0v) is 16.2. The van der Waals surface area contributed by atoms with E-state index in [0.717, 1.165) is 16.7 Å². The van der Waals surface area contributed by atoms with Gasteiger partial charge in [-0.15, -0.1) is 0 Å². The van der Waals surface area contributed by atoms with E-state index in [1.54, 1.807) is 0 Å². The fourth-order valence-corrected chi connectivity index (χ4v) is 2.99. The first-order valence-electron chi connectivity index (χ1n) is 8.65. The van der Waals surface area contributed by atoms with Crippen LogP contribution in [0.25, 0.3) is 0 Å². The Balaban J connectivity index is 2.58. The van der Waals surface area contributed by atoms with Crippen LogP contribution in [0.1, 0.15) is 71.1 Å². The molecule has 0 aliphatic heterocycles. The Morgan fingerprint density at radius 3 is 1.64 bits per heavy atom. The molecule has 1 aromatic rings. The molecular formula is C20H30O5. The average molecular weight is 350 g/mol. The molecule has 1 aliphatic rings. The van der Waals surface area contributed by atoms with E-state index >= 15 is 0 Å². The van der Waals surface area contributed by atoms with Crippen LogP contribution in [0, 0.1) is 12.3 Å². The lowest BCUT2D eigenvalue weighted by Gasteiger charge is -2.31. The number of aryl methyl sites for hydroxylation is 1. The Labute approximate surface area is 149 Å². The molecule has 5 nitrogen and oxygen atoms in total. The fraction of sp³-hybridized carbons (Fsp3) is 0.650. The summed E-state index contributed by atoms with van der Waals surface area (Å²) in [5, 5.41) is 28.7. The van der Waals surface area contributed by atoms with Gasteiger partial charge in [-0.25, -0.2) is 0 Å². The lowest BCUT2D eigenvalue weighted by molar-refractivity contribution is -0.345. The van der Waals surface area contributed by atoms with Gasteiger partial charge in [0.1, 0.15) is 11.2 Å². The second kappa shape index (κ2) is 5.79. The topological polar surface area (TPSA) is 87.0 Å². The van der Waals surface area contributed by atoms with Crippen molar-refractivity contribution in [2.75, 3.05) is 0 Å². The molecule has 3 N–H and O–H groups in total. The van der Waals surface area contributed by atoms with Crippen molar-refractivity contribution in [3.8, 4) is 5.75 Å². The number of hydrogen-bond acceptors (Lipinski definition) is 5. The van der Waals surface area contributed by atoms with E-state index in [1.807, 2.05) is 60.6 Å². The van der Waals surface area contributed by atoms with Crippen molar-refractivity contribution in [2.24, 2.45) is 5.41 Å². The summed E-state index contributed by atoms with van der Waals surface area (Å²) in [6, 6.07) is 3.98. The van der Waals surface area contributed by atoms with Crippen LogP contribution in [-0.4, -0.2) is 27.3 Å². The summed E-state index contributed by atoms with van der Waals surface area (Å²) >= 11 is 0. The Morgan fingerprint density at radius 1 is 0.960 bits per heavy atom. The van der Waals surface area contributed by atoms with E-state index in [2.05, 4.69) is 0 Å². The van der Waals surface area contributed by atoms with Crippen LogP contribution in [0.2, 0.25) is 0 Å². The van der Waals surface area contributed by atoms with Gasteiger partial charge in [-0.05, 0) is 30.6 Å². The van der Waals surface area contributed by atoms with Gasteiger partial charge in [0.15, 0.2) is 0 Å². The molecular weight excluding hydrogens is 320 g/mol. The summed E-state index contributed by atoms with van der Waals surface area (Å²) < 4.78 is 5.72. The maximum atomic E-state index is 12.7. The standard InChI is InChI=1S/C20H30O5/c1-12-10-13(17(2,3)4)15(14(11-12)18(5,6)7)25-16(21)19(8-9-19)20(22,23)24/h10-11,22-24H,8-9H2,1-7H3. The number of esters is 1. The highest BCUT2D eigenvalue weighted by molar-refractivity contribution is 5.83. The Hall–Kier alpha value is -1.43.